The van der Waals surface area contributed by atoms with Gasteiger partial charge in [0.2, 0.25) is 0 Å². The zero-order valence-electron chi connectivity index (χ0n) is 17.9. The van der Waals surface area contributed by atoms with E-state index in [0.29, 0.717) is 17.0 Å². The maximum Gasteiger partial charge on any atom is 0.300 e. The van der Waals surface area contributed by atoms with Crippen LogP contribution in [0.4, 0.5) is 10.1 Å². The third kappa shape index (κ3) is 3.64. The van der Waals surface area contributed by atoms with Gasteiger partial charge in [-0.15, -0.1) is 0 Å². The fraction of sp³-hybridized carbons (Fsp3) is 0.154. The second-order valence-corrected chi connectivity index (χ2v) is 7.72. The number of nitrogens with zero attached hydrogens (tertiary/aromatic N) is 1. The van der Waals surface area contributed by atoms with E-state index >= 15 is 0 Å². The lowest BCUT2D eigenvalue weighted by Gasteiger charge is -2.26. The summed E-state index contributed by atoms with van der Waals surface area (Å²) in [5.41, 5.74) is 3.35. The van der Waals surface area contributed by atoms with E-state index in [4.69, 9.17) is 4.74 Å². The van der Waals surface area contributed by atoms with Gasteiger partial charge >= 0.3 is 0 Å². The number of anilines is 1. The highest BCUT2D eigenvalue weighted by Crippen LogP contribution is 2.43. The zero-order chi connectivity index (χ0) is 23.0. The number of benzene rings is 3. The first kappa shape index (κ1) is 21.3. The number of halogens is 1. The molecule has 0 spiro atoms. The van der Waals surface area contributed by atoms with Gasteiger partial charge in [0.15, 0.2) is 0 Å². The number of hydrogen-bond acceptors (Lipinski definition) is 4. The lowest BCUT2D eigenvalue weighted by Crippen LogP contribution is -2.29. The number of ketones is 1. The van der Waals surface area contributed by atoms with E-state index < -0.39 is 23.5 Å². The second-order valence-electron chi connectivity index (χ2n) is 7.72. The van der Waals surface area contributed by atoms with E-state index in [1.54, 1.807) is 30.3 Å². The van der Waals surface area contributed by atoms with Gasteiger partial charge in [-0.25, -0.2) is 4.39 Å². The summed E-state index contributed by atoms with van der Waals surface area (Å²) in [6, 6.07) is 16.7. The number of aryl methyl sites for hydroxylation is 2. The number of carbonyl (C=O) groups excluding carboxylic acids is 2. The van der Waals surface area contributed by atoms with Crippen molar-refractivity contribution in [2.45, 2.75) is 19.9 Å². The molecular weight excluding hydrogens is 409 g/mol. The lowest BCUT2D eigenvalue weighted by atomic mass is 9.94. The summed E-state index contributed by atoms with van der Waals surface area (Å²) in [5, 5.41) is 11.0. The van der Waals surface area contributed by atoms with Crippen molar-refractivity contribution in [3.8, 4) is 5.75 Å². The van der Waals surface area contributed by atoms with Gasteiger partial charge in [-0.1, -0.05) is 18.2 Å². The van der Waals surface area contributed by atoms with Gasteiger partial charge in [-0.3, -0.25) is 14.5 Å². The number of ether oxygens (including phenoxy) is 1. The maximum absolute atomic E-state index is 13.4. The summed E-state index contributed by atoms with van der Waals surface area (Å²) in [7, 11) is 1.53. The largest absolute Gasteiger partial charge is 0.507 e. The Bertz CT molecular complexity index is 1250. The summed E-state index contributed by atoms with van der Waals surface area (Å²) >= 11 is 0. The van der Waals surface area contributed by atoms with Crippen LogP contribution in [0.3, 0.4) is 0 Å². The van der Waals surface area contributed by atoms with Crippen molar-refractivity contribution in [3.05, 3.63) is 100 Å². The molecule has 1 amide bonds. The van der Waals surface area contributed by atoms with Crippen molar-refractivity contribution in [3.63, 3.8) is 0 Å². The van der Waals surface area contributed by atoms with Crippen LogP contribution in [0.5, 0.6) is 5.75 Å². The Morgan fingerprint density at radius 1 is 0.969 bits per heavy atom. The van der Waals surface area contributed by atoms with E-state index in [0.717, 1.165) is 11.1 Å². The third-order valence-electron chi connectivity index (χ3n) is 5.74. The van der Waals surface area contributed by atoms with Crippen LogP contribution >= 0.6 is 0 Å². The van der Waals surface area contributed by atoms with E-state index in [1.807, 2.05) is 26.0 Å². The van der Waals surface area contributed by atoms with Crippen LogP contribution in [0.25, 0.3) is 5.76 Å². The predicted octanol–water partition coefficient (Wildman–Crippen LogP) is 5.08. The SMILES string of the molecule is COc1cccc(C2/C(=C(\O)c3ccc(F)cc3)C(=O)C(=O)N2c2ccc(C)c(C)c2)c1. The molecule has 6 heteroatoms. The summed E-state index contributed by atoms with van der Waals surface area (Å²) < 4.78 is 18.7. The fourth-order valence-electron chi connectivity index (χ4n) is 3.86. The van der Waals surface area contributed by atoms with Crippen LogP contribution in [0.2, 0.25) is 0 Å². The Labute approximate surface area is 185 Å². The number of aliphatic hydroxyl groups is 1. The maximum atomic E-state index is 13.4. The molecule has 0 aliphatic carbocycles. The van der Waals surface area contributed by atoms with Crippen molar-refractivity contribution in [2.75, 3.05) is 12.0 Å². The van der Waals surface area contributed by atoms with E-state index in [1.165, 1.54) is 36.3 Å². The quantitative estimate of drug-likeness (QED) is 0.356. The van der Waals surface area contributed by atoms with E-state index in [-0.39, 0.29) is 16.9 Å². The van der Waals surface area contributed by atoms with Gasteiger partial charge < -0.3 is 9.84 Å². The van der Waals surface area contributed by atoms with Crippen molar-refractivity contribution in [1.29, 1.82) is 0 Å². The number of rotatable bonds is 4. The Morgan fingerprint density at radius 3 is 2.34 bits per heavy atom. The molecule has 1 atom stereocenters. The van der Waals surface area contributed by atoms with Gasteiger partial charge in [0.25, 0.3) is 11.7 Å². The van der Waals surface area contributed by atoms with E-state index in [9.17, 15) is 19.1 Å². The summed E-state index contributed by atoms with van der Waals surface area (Å²) in [6.45, 7) is 3.88. The fourth-order valence-corrected chi connectivity index (χ4v) is 3.86. The molecule has 4 rings (SSSR count). The molecule has 1 aliphatic heterocycles. The molecule has 0 saturated carbocycles. The smallest absolute Gasteiger partial charge is 0.300 e. The van der Waals surface area contributed by atoms with Crippen LogP contribution in [-0.2, 0) is 9.59 Å². The summed E-state index contributed by atoms with van der Waals surface area (Å²) in [5.74, 6) is -1.83. The van der Waals surface area contributed by atoms with Crippen LogP contribution in [0.1, 0.15) is 28.3 Å². The van der Waals surface area contributed by atoms with E-state index in [2.05, 4.69) is 0 Å². The van der Waals surface area contributed by atoms with Crippen molar-refractivity contribution < 1.29 is 23.8 Å². The number of aliphatic hydroxyl groups excluding tert-OH is 1. The Balaban J connectivity index is 1.96. The molecule has 0 bridgehead atoms. The molecular formula is C26H22FNO4. The standard InChI is InChI=1S/C26H22FNO4/c1-15-7-12-20(13-16(15)2)28-23(18-5-4-6-21(14-18)32-3)22(25(30)26(28)31)24(29)17-8-10-19(27)11-9-17/h4-14,23,29H,1-3H3/b24-22+. The Hall–Kier alpha value is -3.93. The van der Waals surface area contributed by atoms with Crippen molar-refractivity contribution in [2.24, 2.45) is 0 Å². The minimum atomic E-state index is -0.878. The van der Waals surface area contributed by atoms with Crippen LogP contribution < -0.4 is 9.64 Å². The number of amides is 1. The minimum Gasteiger partial charge on any atom is -0.507 e. The van der Waals surface area contributed by atoms with Gasteiger partial charge in [-0.2, -0.15) is 0 Å². The number of Topliss-reactive ketones (excluding diaryl/α,β-unsaturated/α-hetero) is 1. The average Bonchev–Trinajstić information content (AvgIpc) is 3.06. The molecule has 5 nitrogen and oxygen atoms in total. The predicted molar refractivity (Wildman–Crippen MR) is 120 cm³/mol. The average molecular weight is 431 g/mol. The molecule has 3 aromatic rings. The highest BCUT2D eigenvalue weighted by atomic mass is 19.1. The van der Waals surface area contributed by atoms with Gasteiger partial charge in [0, 0.05) is 11.3 Å². The number of hydrogen-bond donors (Lipinski definition) is 1. The zero-order valence-corrected chi connectivity index (χ0v) is 17.9. The topological polar surface area (TPSA) is 66.8 Å². The lowest BCUT2D eigenvalue weighted by molar-refractivity contribution is -0.132. The van der Waals surface area contributed by atoms with Gasteiger partial charge in [-0.05, 0) is 79.1 Å². The Kier molecular flexibility index (Phi) is 5.53. The monoisotopic (exact) mass is 431 g/mol. The van der Waals surface area contributed by atoms with Crippen LogP contribution in [0, 0.1) is 19.7 Å². The first-order chi connectivity index (χ1) is 15.3. The normalized spacial score (nSPS) is 17.6. The first-order valence-corrected chi connectivity index (χ1v) is 10.1. The highest BCUT2D eigenvalue weighted by molar-refractivity contribution is 6.51. The van der Waals surface area contributed by atoms with Crippen molar-refractivity contribution in [1.82, 2.24) is 0 Å². The molecule has 162 valence electrons. The third-order valence-corrected chi connectivity index (χ3v) is 5.74. The second kappa shape index (κ2) is 8.30. The molecule has 0 aromatic heterocycles. The number of methoxy groups -OCH3 is 1. The summed E-state index contributed by atoms with van der Waals surface area (Å²) in [4.78, 5) is 27.7. The molecule has 32 heavy (non-hydrogen) atoms. The molecule has 1 heterocycles. The van der Waals surface area contributed by atoms with Gasteiger partial charge in [0.1, 0.15) is 17.3 Å². The Morgan fingerprint density at radius 2 is 1.69 bits per heavy atom. The first-order valence-electron chi connectivity index (χ1n) is 10.1. The summed E-state index contributed by atoms with van der Waals surface area (Å²) in [6.07, 6.45) is 0. The molecule has 1 fully saturated rings. The molecule has 1 unspecified atom stereocenters. The highest BCUT2D eigenvalue weighted by Gasteiger charge is 2.47. The van der Waals surface area contributed by atoms with Crippen LogP contribution in [0.15, 0.2) is 72.3 Å². The molecule has 3 aromatic carbocycles. The molecule has 1 saturated heterocycles. The van der Waals surface area contributed by atoms with Gasteiger partial charge in [0.05, 0.1) is 18.7 Å². The minimum absolute atomic E-state index is 0.0620. The van der Waals surface area contributed by atoms with Crippen molar-refractivity contribution >= 4 is 23.1 Å². The van der Waals surface area contributed by atoms with Crippen LogP contribution in [-0.4, -0.2) is 23.9 Å². The molecule has 1 N–H and O–H groups in total. The molecule has 1 aliphatic rings. The molecule has 0 radical (unpaired) electrons. The number of carbonyl (C=O) groups is 2.